The predicted octanol–water partition coefficient (Wildman–Crippen LogP) is 8.53. The Morgan fingerprint density at radius 1 is 0.490 bits per heavy atom. The molecule has 0 saturated carbocycles. The van der Waals surface area contributed by atoms with Crippen LogP contribution < -0.4 is 9.47 Å². The number of ether oxygens (including phenoxy) is 2. The first-order valence-electron chi connectivity index (χ1n) is 15.6. The Kier molecular flexibility index (Phi) is 7.57. The summed E-state index contributed by atoms with van der Waals surface area (Å²) in [5, 5.41) is 0.505. The predicted molar refractivity (Wildman–Crippen MR) is 191 cm³/mol. The third-order valence-electron chi connectivity index (χ3n) is 8.64. The van der Waals surface area contributed by atoms with Crippen molar-refractivity contribution in [2.45, 2.75) is 11.3 Å². The van der Waals surface area contributed by atoms with Crippen molar-refractivity contribution in [1.29, 1.82) is 0 Å². The van der Waals surface area contributed by atoms with E-state index in [0.717, 1.165) is 16.7 Å². The molecule has 9 heteroatoms. The summed E-state index contributed by atoms with van der Waals surface area (Å²) in [5.74, 6) is 1.96. The van der Waals surface area contributed by atoms with Crippen molar-refractivity contribution in [2.75, 3.05) is 14.2 Å². The molecule has 0 amide bonds. The van der Waals surface area contributed by atoms with Gasteiger partial charge in [-0.05, 0) is 48.5 Å². The first-order chi connectivity index (χ1) is 24.1. The monoisotopic (exact) mass is 664 g/mol. The minimum Gasteiger partial charge on any atom is -0.493 e. The second kappa shape index (κ2) is 12.2. The highest BCUT2D eigenvalue weighted by molar-refractivity contribution is 6.57. The zero-order valence-electron chi connectivity index (χ0n) is 26.6. The number of halogens is 1. The fourth-order valence-electron chi connectivity index (χ4n) is 6.36. The van der Waals surface area contributed by atoms with Gasteiger partial charge in [-0.3, -0.25) is 0 Å². The van der Waals surface area contributed by atoms with Gasteiger partial charge in [-0.15, -0.1) is 0 Å². The van der Waals surface area contributed by atoms with E-state index in [1.54, 1.807) is 32.8 Å². The van der Waals surface area contributed by atoms with Crippen molar-refractivity contribution in [3.05, 3.63) is 179 Å². The van der Waals surface area contributed by atoms with Crippen molar-refractivity contribution in [1.82, 2.24) is 0 Å². The average molecular weight is 665 g/mol. The van der Waals surface area contributed by atoms with Gasteiger partial charge in [0.2, 0.25) is 0 Å². The highest BCUT2D eigenvalue weighted by atomic mass is 35.5. The van der Waals surface area contributed by atoms with Gasteiger partial charge < -0.3 is 18.3 Å². The largest absolute Gasteiger partial charge is 0.493 e. The van der Waals surface area contributed by atoms with Crippen molar-refractivity contribution in [2.24, 2.45) is 20.0 Å². The smallest absolute Gasteiger partial charge is 0.262 e. The molecule has 0 spiro atoms. The molecule has 2 aromatic heterocycles. The SMILES string of the molecule is COc1ccc(C2=NC(c3ccco3)(C3(c4ccco4)N=C(c4ccccc4)C(c4ccccc4)=N3)N=C2c2ccccc2Cl)cc1OC. The molecule has 0 aliphatic carbocycles. The van der Waals surface area contributed by atoms with Crippen LogP contribution >= 0.6 is 11.6 Å². The van der Waals surface area contributed by atoms with Gasteiger partial charge in [0.25, 0.3) is 11.3 Å². The molecule has 4 aromatic carbocycles. The Balaban J connectivity index is 1.49. The molecule has 1 atom stereocenters. The van der Waals surface area contributed by atoms with E-state index in [2.05, 4.69) is 0 Å². The van der Waals surface area contributed by atoms with Crippen LogP contribution in [0.15, 0.2) is 169 Å². The maximum Gasteiger partial charge on any atom is 0.262 e. The maximum absolute atomic E-state index is 6.90. The van der Waals surface area contributed by atoms with E-state index in [1.807, 2.05) is 121 Å². The lowest BCUT2D eigenvalue weighted by molar-refractivity contribution is 0.183. The highest BCUT2D eigenvalue weighted by Crippen LogP contribution is 2.55. The van der Waals surface area contributed by atoms with E-state index >= 15 is 0 Å². The van der Waals surface area contributed by atoms with E-state index < -0.39 is 11.3 Å². The van der Waals surface area contributed by atoms with E-state index in [0.29, 0.717) is 56.5 Å². The Morgan fingerprint density at radius 3 is 1.47 bits per heavy atom. The second-order valence-corrected chi connectivity index (χ2v) is 11.8. The molecule has 0 bridgehead atoms. The Bertz CT molecular complexity index is 2200. The molecular weight excluding hydrogens is 636 g/mol. The molecule has 2 aliphatic rings. The number of hydrogen-bond donors (Lipinski definition) is 0. The fraction of sp³-hybridized carbons (Fsp3) is 0.100. The zero-order valence-corrected chi connectivity index (χ0v) is 27.3. The number of methoxy groups -OCH3 is 2. The summed E-state index contributed by atoms with van der Waals surface area (Å²) in [5.41, 5.74) is 2.34. The molecule has 6 aromatic rings. The van der Waals surface area contributed by atoms with Crippen LogP contribution in [0.3, 0.4) is 0 Å². The van der Waals surface area contributed by atoms with Crippen molar-refractivity contribution < 1.29 is 18.3 Å². The van der Waals surface area contributed by atoms with Crippen LogP contribution in [0.1, 0.15) is 33.8 Å². The Morgan fingerprint density at radius 2 is 0.980 bits per heavy atom. The van der Waals surface area contributed by atoms with Crippen LogP contribution in [0.4, 0.5) is 0 Å². The highest BCUT2D eigenvalue weighted by Gasteiger charge is 2.64. The number of furan rings is 2. The van der Waals surface area contributed by atoms with Gasteiger partial charge in [-0.1, -0.05) is 90.5 Å². The number of hydrogen-bond acceptors (Lipinski definition) is 8. The minimum absolute atomic E-state index is 0.415. The van der Waals surface area contributed by atoms with E-state index in [-0.39, 0.29) is 0 Å². The molecular formula is C40H29ClN4O4. The minimum atomic E-state index is -1.62. The zero-order chi connectivity index (χ0) is 33.4. The number of rotatable bonds is 9. The van der Waals surface area contributed by atoms with E-state index in [1.165, 1.54) is 0 Å². The van der Waals surface area contributed by atoms with Crippen LogP contribution in [-0.4, -0.2) is 37.1 Å². The van der Waals surface area contributed by atoms with Crippen LogP contribution in [0.2, 0.25) is 5.02 Å². The van der Waals surface area contributed by atoms with Crippen LogP contribution in [-0.2, 0) is 11.3 Å². The molecule has 8 rings (SSSR count). The number of nitrogens with zero attached hydrogens (tertiary/aromatic N) is 4. The standard InChI is InChI=1S/C40H29ClN4O4/c1-46-31-22-21-28(25-32(31)47-2)37-38(29-17-9-10-18-30(29)41)45-40(44-37,34-20-12-24-49-34)39(33-19-11-23-48-33)42-35(26-13-5-3-6-14-26)36(43-39)27-15-7-4-8-16-27/h3-25H,1-2H3. The molecule has 0 N–H and O–H groups in total. The summed E-state index contributed by atoms with van der Waals surface area (Å²) in [4.78, 5) is 22.0. The van der Waals surface area contributed by atoms with Gasteiger partial charge in [0, 0.05) is 22.3 Å². The van der Waals surface area contributed by atoms with Gasteiger partial charge in [0.1, 0.15) is 0 Å². The molecule has 0 fully saturated rings. The van der Waals surface area contributed by atoms with Gasteiger partial charge in [-0.2, -0.15) is 0 Å². The van der Waals surface area contributed by atoms with Gasteiger partial charge in [0.05, 0.1) is 54.6 Å². The van der Waals surface area contributed by atoms with Crippen LogP contribution in [0.25, 0.3) is 0 Å². The van der Waals surface area contributed by atoms with Crippen molar-refractivity contribution in [3.63, 3.8) is 0 Å². The van der Waals surface area contributed by atoms with E-state index in [4.69, 9.17) is 49.9 Å². The molecule has 2 aliphatic heterocycles. The summed E-state index contributed by atoms with van der Waals surface area (Å²) in [6.45, 7) is 0. The lowest BCUT2D eigenvalue weighted by atomic mass is 9.89. The Hall–Kier alpha value is -5.99. The average Bonchev–Trinajstić information content (AvgIpc) is 3.99. The molecule has 1 unspecified atom stereocenters. The summed E-state index contributed by atoms with van der Waals surface area (Å²) >= 11 is 6.90. The normalized spacial score (nSPS) is 18.0. The van der Waals surface area contributed by atoms with Crippen LogP contribution in [0, 0.1) is 0 Å². The fourth-order valence-corrected chi connectivity index (χ4v) is 6.58. The van der Waals surface area contributed by atoms with Gasteiger partial charge >= 0.3 is 0 Å². The molecule has 0 saturated heterocycles. The molecule has 0 radical (unpaired) electrons. The third-order valence-corrected chi connectivity index (χ3v) is 8.97. The molecule has 8 nitrogen and oxygen atoms in total. The van der Waals surface area contributed by atoms with Crippen molar-refractivity contribution >= 4 is 34.4 Å². The van der Waals surface area contributed by atoms with Crippen LogP contribution in [0.5, 0.6) is 11.5 Å². The summed E-state index contributed by atoms with van der Waals surface area (Å²) in [6.07, 6.45) is 3.20. The number of aliphatic imine (C=N–C) groups is 4. The van der Waals surface area contributed by atoms with E-state index in [9.17, 15) is 0 Å². The maximum atomic E-state index is 6.90. The van der Waals surface area contributed by atoms with Gasteiger partial charge in [0.15, 0.2) is 23.0 Å². The number of benzene rings is 4. The third kappa shape index (κ3) is 4.91. The lowest BCUT2D eigenvalue weighted by Crippen LogP contribution is -2.42. The molecule has 240 valence electrons. The van der Waals surface area contributed by atoms with Gasteiger partial charge in [-0.25, -0.2) is 20.0 Å². The first-order valence-corrected chi connectivity index (χ1v) is 16.0. The van der Waals surface area contributed by atoms with Crippen molar-refractivity contribution in [3.8, 4) is 11.5 Å². The first kappa shape index (κ1) is 30.4. The summed E-state index contributed by atoms with van der Waals surface area (Å²) in [6, 6.07) is 40.4. The summed E-state index contributed by atoms with van der Waals surface area (Å²) < 4.78 is 23.8. The summed E-state index contributed by atoms with van der Waals surface area (Å²) in [7, 11) is 3.19. The molecule has 4 heterocycles. The Labute approximate surface area is 287 Å². The molecule has 49 heavy (non-hydrogen) atoms. The quantitative estimate of drug-likeness (QED) is 0.155. The topological polar surface area (TPSA) is 94.2 Å². The second-order valence-electron chi connectivity index (χ2n) is 11.4. The lowest BCUT2D eigenvalue weighted by Gasteiger charge is -2.34.